The standard InChI is InChI=1S/C22H33N3O3S/c26-22(18-9-8-10-18)23-20-17-19(29(27,28)25-15-6-3-7-16-25)11-12-21(20)24-13-4-1-2-5-14-24/h11-12,17-18H,1-10,13-16H2,(H,23,26). The Morgan fingerprint density at radius 2 is 1.48 bits per heavy atom. The highest BCUT2D eigenvalue weighted by Gasteiger charge is 2.29. The summed E-state index contributed by atoms with van der Waals surface area (Å²) < 4.78 is 27.9. The summed E-state index contributed by atoms with van der Waals surface area (Å²) in [6, 6.07) is 5.32. The quantitative estimate of drug-likeness (QED) is 0.784. The second kappa shape index (κ2) is 9.04. The molecule has 29 heavy (non-hydrogen) atoms. The fourth-order valence-corrected chi connectivity index (χ4v) is 6.07. The molecular formula is C22H33N3O3S. The van der Waals surface area contributed by atoms with Crippen LogP contribution >= 0.6 is 0 Å². The Balaban J connectivity index is 1.64. The molecule has 1 aromatic carbocycles. The number of carbonyl (C=O) groups is 1. The first kappa shape index (κ1) is 20.7. The number of amides is 1. The largest absolute Gasteiger partial charge is 0.370 e. The molecule has 7 heteroatoms. The number of rotatable bonds is 5. The van der Waals surface area contributed by atoms with Crippen LogP contribution in [-0.4, -0.2) is 44.8 Å². The number of hydrogen-bond acceptors (Lipinski definition) is 4. The van der Waals surface area contributed by atoms with Gasteiger partial charge in [-0.1, -0.05) is 25.7 Å². The van der Waals surface area contributed by atoms with Crippen molar-refractivity contribution < 1.29 is 13.2 Å². The molecule has 2 aliphatic heterocycles. The maximum absolute atomic E-state index is 13.2. The fourth-order valence-electron chi connectivity index (χ4n) is 4.52. The number of anilines is 2. The van der Waals surface area contributed by atoms with E-state index in [4.69, 9.17) is 0 Å². The molecule has 3 fully saturated rings. The van der Waals surface area contributed by atoms with Gasteiger partial charge in [-0.15, -0.1) is 0 Å². The van der Waals surface area contributed by atoms with Crippen LogP contribution in [0, 0.1) is 5.92 Å². The van der Waals surface area contributed by atoms with Crippen molar-refractivity contribution in [2.75, 3.05) is 36.4 Å². The van der Waals surface area contributed by atoms with E-state index in [1.165, 1.54) is 12.8 Å². The van der Waals surface area contributed by atoms with Gasteiger partial charge in [0.15, 0.2) is 0 Å². The Bertz CT molecular complexity index is 822. The highest BCUT2D eigenvalue weighted by molar-refractivity contribution is 7.89. The summed E-state index contributed by atoms with van der Waals surface area (Å²) in [5, 5.41) is 3.08. The van der Waals surface area contributed by atoms with Crippen molar-refractivity contribution in [2.45, 2.75) is 69.1 Å². The first-order valence-electron chi connectivity index (χ1n) is 11.3. The van der Waals surface area contributed by atoms with Gasteiger partial charge in [-0.05, 0) is 56.7 Å². The Morgan fingerprint density at radius 3 is 2.10 bits per heavy atom. The van der Waals surface area contributed by atoms with Gasteiger partial charge in [0.2, 0.25) is 15.9 Å². The molecule has 0 radical (unpaired) electrons. The van der Waals surface area contributed by atoms with E-state index in [9.17, 15) is 13.2 Å². The van der Waals surface area contributed by atoms with Crippen molar-refractivity contribution in [3.05, 3.63) is 18.2 Å². The lowest BCUT2D eigenvalue weighted by Crippen LogP contribution is -2.36. The molecule has 1 aliphatic carbocycles. The summed E-state index contributed by atoms with van der Waals surface area (Å²) >= 11 is 0. The van der Waals surface area contributed by atoms with Crippen LogP contribution in [-0.2, 0) is 14.8 Å². The highest BCUT2D eigenvalue weighted by atomic mass is 32.2. The van der Waals surface area contributed by atoms with Gasteiger partial charge in [0.1, 0.15) is 0 Å². The molecule has 3 aliphatic rings. The first-order chi connectivity index (χ1) is 14.1. The molecule has 1 N–H and O–H groups in total. The van der Waals surface area contributed by atoms with Crippen molar-refractivity contribution in [1.82, 2.24) is 4.31 Å². The van der Waals surface area contributed by atoms with E-state index in [0.717, 1.165) is 70.1 Å². The van der Waals surface area contributed by atoms with Gasteiger partial charge in [-0.2, -0.15) is 4.31 Å². The third-order valence-corrected chi connectivity index (χ3v) is 8.50. The van der Waals surface area contributed by atoms with Crippen molar-refractivity contribution in [3.63, 3.8) is 0 Å². The summed E-state index contributed by atoms with van der Waals surface area (Å²) in [4.78, 5) is 15.3. The Kier molecular flexibility index (Phi) is 6.44. The summed E-state index contributed by atoms with van der Waals surface area (Å²) in [5.74, 6) is 0.0918. The summed E-state index contributed by atoms with van der Waals surface area (Å²) in [6.07, 6.45) is 10.6. The lowest BCUT2D eigenvalue weighted by molar-refractivity contribution is -0.122. The van der Waals surface area contributed by atoms with E-state index in [1.807, 2.05) is 6.07 Å². The Morgan fingerprint density at radius 1 is 0.862 bits per heavy atom. The Hall–Kier alpha value is -1.60. The average molecular weight is 420 g/mol. The summed E-state index contributed by atoms with van der Waals surface area (Å²) in [5.41, 5.74) is 1.61. The van der Waals surface area contributed by atoms with Crippen molar-refractivity contribution in [1.29, 1.82) is 0 Å². The normalized spacial score (nSPS) is 22.0. The molecule has 1 aromatic rings. The van der Waals surface area contributed by atoms with Gasteiger partial charge in [-0.25, -0.2) is 8.42 Å². The maximum atomic E-state index is 13.2. The number of nitrogens with zero attached hydrogens (tertiary/aromatic N) is 2. The molecule has 1 amide bonds. The zero-order valence-corrected chi connectivity index (χ0v) is 18.1. The third-order valence-electron chi connectivity index (χ3n) is 6.60. The van der Waals surface area contributed by atoms with Gasteiger partial charge in [0, 0.05) is 32.1 Å². The fraction of sp³-hybridized carbons (Fsp3) is 0.682. The van der Waals surface area contributed by atoms with Crippen LogP contribution in [0.4, 0.5) is 11.4 Å². The van der Waals surface area contributed by atoms with Crippen LogP contribution in [0.5, 0.6) is 0 Å². The number of piperidine rings is 1. The summed E-state index contributed by atoms with van der Waals surface area (Å²) in [7, 11) is -3.52. The number of sulfonamides is 1. The molecule has 1 saturated carbocycles. The SMILES string of the molecule is O=C(Nc1cc(S(=O)(=O)N2CCCCC2)ccc1N1CCCCCC1)C1CCC1. The van der Waals surface area contributed by atoms with Crippen LogP contribution in [0.1, 0.15) is 64.2 Å². The zero-order chi connectivity index (χ0) is 20.3. The van der Waals surface area contributed by atoms with Gasteiger partial charge >= 0.3 is 0 Å². The minimum atomic E-state index is -3.52. The smallest absolute Gasteiger partial charge is 0.243 e. The molecule has 0 bridgehead atoms. The van der Waals surface area contributed by atoms with Crippen molar-refractivity contribution >= 4 is 27.3 Å². The predicted molar refractivity (Wildman–Crippen MR) is 116 cm³/mol. The van der Waals surface area contributed by atoms with Crippen LogP contribution in [0.3, 0.4) is 0 Å². The number of carbonyl (C=O) groups excluding carboxylic acids is 1. The predicted octanol–water partition coefficient (Wildman–Crippen LogP) is 3.98. The molecular weight excluding hydrogens is 386 g/mol. The topological polar surface area (TPSA) is 69.7 Å². The minimum Gasteiger partial charge on any atom is -0.370 e. The molecule has 0 atom stereocenters. The van der Waals surface area contributed by atoms with Gasteiger partial charge in [0.25, 0.3) is 0 Å². The molecule has 6 nitrogen and oxygen atoms in total. The zero-order valence-electron chi connectivity index (χ0n) is 17.2. The van der Waals surface area contributed by atoms with E-state index in [2.05, 4.69) is 10.2 Å². The average Bonchev–Trinajstić information content (AvgIpc) is 2.96. The minimum absolute atomic E-state index is 0.0276. The van der Waals surface area contributed by atoms with Crippen molar-refractivity contribution in [2.24, 2.45) is 5.92 Å². The van der Waals surface area contributed by atoms with Crippen LogP contribution in [0.25, 0.3) is 0 Å². The van der Waals surface area contributed by atoms with Crippen LogP contribution in [0.15, 0.2) is 23.1 Å². The maximum Gasteiger partial charge on any atom is 0.243 e. The second-order valence-electron chi connectivity index (χ2n) is 8.66. The lowest BCUT2D eigenvalue weighted by atomic mass is 9.85. The van der Waals surface area contributed by atoms with E-state index in [0.29, 0.717) is 23.7 Å². The number of nitrogens with one attached hydrogen (secondary N) is 1. The van der Waals surface area contributed by atoms with Gasteiger partial charge in [0.05, 0.1) is 16.3 Å². The molecule has 0 aromatic heterocycles. The molecule has 2 heterocycles. The molecule has 4 rings (SSSR count). The van der Waals surface area contributed by atoms with Crippen LogP contribution < -0.4 is 10.2 Å². The van der Waals surface area contributed by atoms with E-state index >= 15 is 0 Å². The molecule has 0 unspecified atom stereocenters. The number of benzene rings is 1. The van der Waals surface area contributed by atoms with E-state index in [-0.39, 0.29) is 11.8 Å². The first-order valence-corrected chi connectivity index (χ1v) is 12.7. The lowest BCUT2D eigenvalue weighted by Gasteiger charge is -2.30. The van der Waals surface area contributed by atoms with E-state index < -0.39 is 10.0 Å². The third kappa shape index (κ3) is 4.61. The summed E-state index contributed by atoms with van der Waals surface area (Å²) in [6.45, 7) is 3.06. The van der Waals surface area contributed by atoms with Crippen LogP contribution in [0.2, 0.25) is 0 Å². The van der Waals surface area contributed by atoms with Crippen molar-refractivity contribution in [3.8, 4) is 0 Å². The highest BCUT2D eigenvalue weighted by Crippen LogP contribution is 2.34. The Labute approximate surface area is 174 Å². The second-order valence-corrected chi connectivity index (χ2v) is 10.6. The van der Waals surface area contributed by atoms with Gasteiger partial charge in [-0.3, -0.25) is 4.79 Å². The number of hydrogen-bond donors (Lipinski definition) is 1. The van der Waals surface area contributed by atoms with Gasteiger partial charge < -0.3 is 10.2 Å². The molecule has 160 valence electrons. The monoisotopic (exact) mass is 419 g/mol. The van der Waals surface area contributed by atoms with E-state index in [1.54, 1.807) is 16.4 Å². The molecule has 2 saturated heterocycles. The molecule has 0 spiro atoms.